The number of methoxy groups -OCH3 is 3. The molecule has 1 fully saturated rings. The Morgan fingerprint density at radius 1 is 1.07 bits per heavy atom. The molecule has 0 spiro atoms. The highest BCUT2D eigenvalue weighted by atomic mass is 16.5. The van der Waals surface area contributed by atoms with Crippen LogP contribution in [-0.4, -0.2) is 51.4 Å². The van der Waals surface area contributed by atoms with E-state index in [4.69, 9.17) is 14.2 Å². The van der Waals surface area contributed by atoms with Gasteiger partial charge in [0.15, 0.2) is 17.3 Å². The Morgan fingerprint density at radius 3 is 2.27 bits per heavy atom. The molecular formula is C24H31NO5. The Kier molecular flexibility index (Phi) is 6.68. The maximum atomic E-state index is 13.4. The largest absolute Gasteiger partial charge is 0.493 e. The molecule has 0 bridgehead atoms. The van der Waals surface area contributed by atoms with E-state index in [1.807, 2.05) is 0 Å². The van der Waals surface area contributed by atoms with Crippen molar-refractivity contribution < 1.29 is 24.1 Å². The van der Waals surface area contributed by atoms with Crippen molar-refractivity contribution in [3.8, 4) is 17.2 Å². The first-order valence-corrected chi connectivity index (χ1v) is 10.2. The second-order valence-corrected chi connectivity index (χ2v) is 7.97. The van der Waals surface area contributed by atoms with Crippen molar-refractivity contribution in [1.82, 2.24) is 5.32 Å². The Morgan fingerprint density at radius 2 is 1.73 bits per heavy atom. The number of carbonyl (C=O) groups is 1. The highest BCUT2D eigenvalue weighted by Crippen LogP contribution is 2.41. The number of aliphatic hydroxyl groups is 1. The molecule has 6 nitrogen and oxygen atoms in total. The minimum Gasteiger partial charge on any atom is -0.493 e. The molecule has 1 aliphatic heterocycles. The molecule has 0 aliphatic carbocycles. The summed E-state index contributed by atoms with van der Waals surface area (Å²) < 4.78 is 16.1. The van der Waals surface area contributed by atoms with Crippen LogP contribution in [0.2, 0.25) is 0 Å². The van der Waals surface area contributed by atoms with E-state index < -0.39 is 0 Å². The van der Waals surface area contributed by atoms with E-state index in [0.29, 0.717) is 42.2 Å². The molecular weight excluding hydrogens is 382 g/mol. The summed E-state index contributed by atoms with van der Waals surface area (Å²) in [6, 6.07) is 9.42. The number of benzene rings is 2. The molecule has 2 N–H and O–H groups in total. The molecule has 2 unspecified atom stereocenters. The van der Waals surface area contributed by atoms with E-state index in [-0.39, 0.29) is 23.8 Å². The third kappa shape index (κ3) is 4.02. The normalized spacial score (nSPS) is 20.8. The Bertz CT molecular complexity index is 901. The fourth-order valence-electron chi connectivity index (χ4n) is 4.30. The van der Waals surface area contributed by atoms with Crippen LogP contribution in [0.3, 0.4) is 0 Å². The first-order valence-electron chi connectivity index (χ1n) is 10.2. The molecule has 2 aromatic rings. The number of aryl methyl sites for hydroxylation is 2. The summed E-state index contributed by atoms with van der Waals surface area (Å²) in [7, 11) is 4.60. The maximum Gasteiger partial charge on any atom is 0.203 e. The van der Waals surface area contributed by atoms with Gasteiger partial charge in [0.2, 0.25) is 5.75 Å². The molecule has 0 radical (unpaired) electrons. The van der Waals surface area contributed by atoms with E-state index >= 15 is 0 Å². The molecule has 2 atom stereocenters. The third-order valence-corrected chi connectivity index (χ3v) is 6.26. The van der Waals surface area contributed by atoms with Crippen molar-refractivity contribution in [3.63, 3.8) is 0 Å². The number of hydrogen-bond donors (Lipinski definition) is 2. The van der Waals surface area contributed by atoms with E-state index in [0.717, 1.165) is 5.56 Å². The molecule has 3 rings (SSSR count). The average molecular weight is 414 g/mol. The van der Waals surface area contributed by atoms with Gasteiger partial charge in [-0.1, -0.05) is 18.2 Å². The van der Waals surface area contributed by atoms with Gasteiger partial charge >= 0.3 is 0 Å². The topological polar surface area (TPSA) is 77.0 Å². The molecule has 162 valence electrons. The lowest BCUT2D eigenvalue weighted by Crippen LogP contribution is -2.31. The van der Waals surface area contributed by atoms with Gasteiger partial charge in [0.25, 0.3) is 0 Å². The number of rotatable bonds is 8. The summed E-state index contributed by atoms with van der Waals surface area (Å²) in [6.45, 7) is 4.88. The monoisotopic (exact) mass is 413 g/mol. The number of ether oxygens (including phenoxy) is 3. The van der Waals surface area contributed by atoms with Crippen LogP contribution in [0.5, 0.6) is 17.2 Å². The van der Waals surface area contributed by atoms with Crippen molar-refractivity contribution >= 4 is 5.78 Å². The zero-order chi connectivity index (χ0) is 21.9. The van der Waals surface area contributed by atoms with Crippen LogP contribution < -0.4 is 19.5 Å². The lowest BCUT2D eigenvalue weighted by molar-refractivity contribution is 0.0947. The minimum absolute atomic E-state index is 0.0297. The number of ketones is 1. The number of nitrogens with one attached hydrogen (secondary N) is 1. The van der Waals surface area contributed by atoms with Crippen LogP contribution in [0.4, 0.5) is 0 Å². The first-order chi connectivity index (χ1) is 14.4. The van der Waals surface area contributed by atoms with Crippen LogP contribution >= 0.6 is 0 Å². The Balaban J connectivity index is 1.92. The second-order valence-electron chi connectivity index (χ2n) is 7.97. The van der Waals surface area contributed by atoms with Crippen LogP contribution in [0, 0.1) is 13.8 Å². The van der Waals surface area contributed by atoms with E-state index in [1.165, 1.54) is 32.5 Å². The minimum atomic E-state index is -0.360. The molecule has 6 heteroatoms. The van der Waals surface area contributed by atoms with Crippen LogP contribution in [0.25, 0.3) is 0 Å². The second kappa shape index (κ2) is 9.06. The highest BCUT2D eigenvalue weighted by Gasteiger charge is 2.43. The van der Waals surface area contributed by atoms with Gasteiger partial charge in [-0.15, -0.1) is 0 Å². The van der Waals surface area contributed by atoms with Crippen molar-refractivity contribution in [2.24, 2.45) is 0 Å². The van der Waals surface area contributed by atoms with Gasteiger partial charge < -0.3 is 24.6 Å². The van der Waals surface area contributed by atoms with E-state index in [2.05, 4.69) is 37.4 Å². The zero-order valence-corrected chi connectivity index (χ0v) is 18.4. The van der Waals surface area contributed by atoms with E-state index in [9.17, 15) is 9.90 Å². The summed E-state index contributed by atoms with van der Waals surface area (Å²) in [4.78, 5) is 13.4. The van der Waals surface area contributed by atoms with Gasteiger partial charge in [0.05, 0.1) is 27.4 Å². The molecule has 0 saturated carbocycles. The lowest BCUT2D eigenvalue weighted by atomic mass is 9.74. The van der Waals surface area contributed by atoms with Gasteiger partial charge in [-0.3, -0.25) is 4.79 Å². The summed E-state index contributed by atoms with van der Waals surface area (Å²) in [5, 5.41) is 13.1. The van der Waals surface area contributed by atoms with Crippen LogP contribution in [0.15, 0.2) is 30.3 Å². The summed E-state index contributed by atoms with van der Waals surface area (Å²) in [6.07, 6.45) is 1.22. The fraction of sp³-hybridized carbons (Fsp3) is 0.458. The predicted molar refractivity (Wildman–Crippen MR) is 116 cm³/mol. The van der Waals surface area contributed by atoms with Crippen molar-refractivity contribution in [1.29, 1.82) is 0 Å². The van der Waals surface area contributed by atoms with Gasteiger partial charge in [-0.05, 0) is 55.5 Å². The molecule has 1 aliphatic rings. The smallest absolute Gasteiger partial charge is 0.203 e. The molecule has 2 aromatic carbocycles. The average Bonchev–Trinajstić information content (AvgIpc) is 3.19. The number of Topliss-reactive ketones (excluding diaryl/α,β-unsaturated/α-hetero) is 1. The molecule has 1 heterocycles. The number of hydrogen-bond acceptors (Lipinski definition) is 6. The van der Waals surface area contributed by atoms with Crippen molar-refractivity contribution in [2.45, 2.75) is 38.1 Å². The Labute approximate surface area is 178 Å². The lowest BCUT2D eigenvalue weighted by Gasteiger charge is -2.29. The van der Waals surface area contributed by atoms with Gasteiger partial charge in [0, 0.05) is 24.1 Å². The third-order valence-electron chi connectivity index (χ3n) is 6.26. The summed E-state index contributed by atoms with van der Waals surface area (Å²) in [5.74, 6) is 1.33. The summed E-state index contributed by atoms with van der Waals surface area (Å²) in [5.41, 5.74) is 3.82. The van der Waals surface area contributed by atoms with Crippen molar-refractivity contribution in [2.75, 3.05) is 34.5 Å². The SMILES string of the molecule is COc1cc(C(=O)C2CC(CCO)(c3ccc(C)c(C)c3)CN2)cc(OC)c1OC. The number of aliphatic hydroxyl groups excluding tert-OH is 1. The predicted octanol–water partition coefficient (Wildman–Crippen LogP) is 3.19. The number of carbonyl (C=O) groups excluding carboxylic acids is 1. The maximum absolute atomic E-state index is 13.4. The standard InChI is InChI=1S/C24H31NO5/c1-15-6-7-18(10-16(15)2)24(8-9-26)13-19(25-14-24)22(27)17-11-20(28-3)23(30-5)21(12-17)29-4/h6-7,10-12,19,25-26H,8-9,13-14H2,1-5H3. The quantitative estimate of drug-likeness (QED) is 0.648. The molecule has 0 aromatic heterocycles. The fourth-order valence-corrected chi connectivity index (χ4v) is 4.30. The summed E-state index contributed by atoms with van der Waals surface area (Å²) >= 11 is 0. The van der Waals surface area contributed by atoms with Gasteiger partial charge in [-0.2, -0.15) is 0 Å². The molecule has 0 amide bonds. The van der Waals surface area contributed by atoms with Crippen LogP contribution in [0.1, 0.15) is 39.9 Å². The molecule has 1 saturated heterocycles. The van der Waals surface area contributed by atoms with Crippen molar-refractivity contribution in [3.05, 3.63) is 52.6 Å². The Hall–Kier alpha value is -2.57. The van der Waals surface area contributed by atoms with Crippen LogP contribution in [-0.2, 0) is 5.41 Å². The highest BCUT2D eigenvalue weighted by molar-refractivity contribution is 6.01. The molecule has 30 heavy (non-hydrogen) atoms. The first kappa shape index (κ1) is 22.1. The van der Waals surface area contributed by atoms with E-state index in [1.54, 1.807) is 12.1 Å². The zero-order valence-electron chi connectivity index (χ0n) is 18.4. The van der Waals surface area contributed by atoms with Gasteiger partial charge in [-0.25, -0.2) is 0 Å². The van der Waals surface area contributed by atoms with Gasteiger partial charge in [0.1, 0.15) is 0 Å².